The molecule has 0 bridgehead atoms. The SMILES string of the molecule is COc1cc(CC(=O)Nc2cc([C@H]3C[CH]CC3)[nH]n2)c(OC)cn1. The second kappa shape index (κ2) is 7.33. The van der Waals surface area contributed by atoms with Crippen LogP contribution in [0, 0.1) is 6.42 Å². The van der Waals surface area contributed by atoms with Crippen molar-refractivity contribution in [2.75, 3.05) is 19.5 Å². The van der Waals surface area contributed by atoms with Crippen LogP contribution in [0.15, 0.2) is 18.3 Å². The molecule has 1 atom stereocenters. The predicted octanol–water partition coefficient (Wildman–Crippen LogP) is 2.47. The van der Waals surface area contributed by atoms with E-state index in [9.17, 15) is 4.79 Å². The van der Waals surface area contributed by atoms with Gasteiger partial charge in [0.1, 0.15) is 5.75 Å². The molecule has 1 fully saturated rings. The Kier molecular flexibility index (Phi) is 4.98. The zero-order valence-electron chi connectivity index (χ0n) is 13.8. The van der Waals surface area contributed by atoms with Gasteiger partial charge < -0.3 is 14.8 Å². The van der Waals surface area contributed by atoms with Gasteiger partial charge >= 0.3 is 0 Å². The summed E-state index contributed by atoms with van der Waals surface area (Å²) in [6.45, 7) is 0. The fourth-order valence-electron chi connectivity index (χ4n) is 2.90. The Balaban J connectivity index is 1.65. The van der Waals surface area contributed by atoms with Crippen molar-refractivity contribution in [2.24, 2.45) is 0 Å². The molecule has 7 heteroatoms. The van der Waals surface area contributed by atoms with Crippen LogP contribution in [0.4, 0.5) is 5.82 Å². The first-order valence-electron chi connectivity index (χ1n) is 7.93. The molecule has 1 radical (unpaired) electrons. The third-order valence-corrected chi connectivity index (χ3v) is 4.18. The third kappa shape index (κ3) is 3.67. The summed E-state index contributed by atoms with van der Waals surface area (Å²) in [6, 6.07) is 3.61. The molecule has 1 aliphatic rings. The molecule has 1 amide bonds. The molecular formula is C17H21N4O3. The third-order valence-electron chi connectivity index (χ3n) is 4.18. The van der Waals surface area contributed by atoms with E-state index in [1.165, 1.54) is 7.11 Å². The van der Waals surface area contributed by atoms with Gasteiger partial charge in [-0.25, -0.2) is 4.98 Å². The van der Waals surface area contributed by atoms with Crippen LogP contribution >= 0.6 is 0 Å². The fraction of sp³-hybridized carbons (Fsp3) is 0.412. The van der Waals surface area contributed by atoms with E-state index in [1.807, 2.05) is 6.07 Å². The number of hydrogen-bond donors (Lipinski definition) is 2. The average molecular weight is 329 g/mol. The van der Waals surface area contributed by atoms with Gasteiger partial charge in [-0.3, -0.25) is 9.89 Å². The van der Waals surface area contributed by atoms with Crippen LogP contribution in [0.3, 0.4) is 0 Å². The molecule has 1 saturated carbocycles. The molecule has 2 aromatic heterocycles. The number of H-pyrrole nitrogens is 1. The first-order chi connectivity index (χ1) is 11.7. The molecule has 24 heavy (non-hydrogen) atoms. The molecule has 0 spiro atoms. The normalized spacial score (nSPS) is 14.6. The number of amides is 1. The number of carbonyl (C=O) groups is 1. The molecule has 1 aliphatic carbocycles. The maximum atomic E-state index is 12.3. The van der Waals surface area contributed by atoms with E-state index < -0.39 is 0 Å². The van der Waals surface area contributed by atoms with E-state index in [1.54, 1.807) is 19.4 Å². The van der Waals surface area contributed by atoms with Crippen molar-refractivity contribution in [3.8, 4) is 11.6 Å². The van der Waals surface area contributed by atoms with E-state index in [4.69, 9.17) is 9.47 Å². The largest absolute Gasteiger partial charge is 0.495 e. The highest BCUT2D eigenvalue weighted by Crippen LogP contribution is 2.33. The minimum absolute atomic E-state index is 0.154. The molecule has 0 unspecified atom stereocenters. The van der Waals surface area contributed by atoms with Gasteiger partial charge in [0, 0.05) is 29.3 Å². The number of rotatable bonds is 6. The van der Waals surface area contributed by atoms with E-state index in [0.717, 1.165) is 25.0 Å². The number of aromatic amines is 1. The van der Waals surface area contributed by atoms with Crippen molar-refractivity contribution in [1.29, 1.82) is 0 Å². The Hall–Kier alpha value is -2.57. The summed E-state index contributed by atoms with van der Waals surface area (Å²) in [5, 5.41) is 10.0. The van der Waals surface area contributed by atoms with Crippen LogP contribution in [-0.2, 0) is 11.2 Å². The number of carbonyl (C=O) groups excluding carboxylic acids is 1. The Bertz CT molecular complexity index is 708. The lowest BCUT2D eigenvalue weighted by Crippen LogP contribution is -2.15. The van der Waals surface area contributed by atoms with Gasteiger partial charge in [0.05, 0.1) is 26.8 Å². The van der Waals surface area contributed by atoms with Crippen molar-refractivity contribution < 1.29 is 14.3 Å². The zero-order chi connectivity index (χ0) is 16.9. The second-order valence-corrected chi connectivity index (χ2v) is 5.77. The summed E-state index contributed by atoms with van der Waals surface area (Å²) in [4.78, 5) is 16.4. The smallest absolute Gasteiger partial charge is 0.230 e. The standard InChI is InChI=1S/C17H21N4O3/c1-23-14-10-18-17(24-2)8-12(14)7-16(22)19-15-9-13(20-21-15)11-5-3-4-6-11/h3,8-11H,4-7H2,1-2H3,(H2,19,20,21,22)/t11-/m0/s1. The number of methoxy groups -OCH3 is 2. The van der Waals surface area contributed by atoms with Crippen LogP contribution in [-0.4, -0.2) is 35.3 Å². The second-order valence-electron chi connectivity index (χ2n) is 5.77. The monoisotopic (exact) mass is 329 g/mol. The summed E-state index contributed by atoms with van der Waals surface area (Å²) >= 11 is 0. The van der Waals surface area contributed by atoms with Crippen LogP contribution < -0.4 is 14.8 Å². The van der Waals surface area contributed by atoms with Crippen LogP contribution in [0.1, 0.15) is 36.4 Å². The fourth-order valence-corrected chi connectivity index (χ4v) is 2.90. The van der Waals surface area contributed by atoms with Gasteiger partial charge in [-0.2, -0.15) is 5.10 Å². The van der Waals surface area contributed by atoms with Gasteiger partial charge in [0.25, 0.3) is 0 Å². The van der Waals surface area contributed by atoms with Crippen LogP contribution in [0.2, 0.25) is 0 Å². The van der Waals surface area contributed by atoms with Crippen molar-refractivity contribution in [3.63, 3.8) is 0 Å². The van der Waals surface area contributed by atoms with Crippen molar-refractivity contribution in [1.82, 2.24) is 15.2 Å². The lowest BCUT2D eigenvalue weighted by molar-refractivity contribution is -0.115. The summed E-state index contributed by atoms with van der Waals surface area (Å²) < 4.78 is 10.3. The Morgan fingerprint density at radius 2 is 2.25 bits per heavy atom. The molecule has 2 N–H and O–H groups in total. The minimum Gasteiger partial charge on any atom is -0.495 e. The number of aromatic nitrogens is 3. The topological polar surface area (TPSA) is 89.1 Å². The minimum atomic E-state index is -0.169. The van der Waals surface area contributed by atoms with Crippen molar-refractivity contribution in [2.45, 2.75) is 31.6 Å². The first-order valence-corrected chi connectivity index (χ1v) is 7.93. The molecule has 0 saturated heterocycles. The van der Waals surface area contributed by atoms with Gasteiger partial charge in [-0.1, -0.05) is 0 Å². The Morgan fingerprint density at radius 3 is 2.96 bits per heavy atom. The maximum Gasteiger partial charge on any atom is 0.230 e. The number of anilines is 1. The summed E-state index contributed by atoms with van der Waals surface area (Å²) in [7, 11) is 3.08. The highest BCUT2D eigenvalue weighted by atomic mass is 16.5. The number of nitrogens with zero attached hydrogens (tertiary/aromatic N) is 2. The quantitative estimate of drug-likeness (QED) is 0.850. The molecule has 2 aromatic rings. The molecule has 2 heterocycles. The van der Waals surface area contributed by atoms with E-state index in [0.29, 0.717) is 28.9 Å². The van der Waals surface area contributed by atoms with Crippen LogP contribution in [0.5, 0.6) is 11.6 Å². The van der Waals surface area contributed by atoms with Gasteiger partial charge in [0.15, 0.2) is 5.82 Å². The van der Waals surface area contributed by atoms with Gasteiger partial charge in [0.2, 0.25) is 11.8 Å². The Labute approximate surface area is 140 Å². The Morgan fingerprint density at radius 1 is 1.38 bits per heavy atom. The molecule has 127 valence electrons. The van der Waals surface area contributed by atoms with Gasteiger partial charge in [-0.15, -0.1) is 0 Å². The first kappa shape index (κ1) is 16.3. The van der Waals surface area contributed by atoms with Crippen molar-refractivity contribution in [3.05, 3.63) is 36.0 Å². The lowest BCUT2D eigenvalue weighted by Gasteiger charge is -2.09. The highest BCUT2D eigenvalue weighted by Gasteiger charge is 2.20. The number of pyridine rings is 1. The van der Waals surface area contributed by atoms with E-state index in [2.05, 4.69) is 26.9 Å². The zero-order valence-corrected chi connectivity index (χ0v) is 13.8. The van der Waals surface area contributed by atoms with E-state index in [-0.39, 0.29) is 12.3 Å². The summed E-state index contributed by atoms with van der Waals surface area (Å²) in [5.41, 5.74) is 1.78. The van der Waals surface area contributed by atoms with Crippen LogP contribution in [0.25, 0.3) is 0 Å². The highest BCUT2D eigenvalue weighted by molar-refractivity contribution is 5.91. The summed E-state index contributed by atoms with van der Waals surface area (Å²) in [5.74, 6) is 1.85. The number of nitrogens with one attached hydrogen (secondary N) is 2. The lowest BCUT2D eigenvalue weighted by atomic mass is 10.0. The van der Waals surface area contributed by atoms with Gasteiger partial charge in [-0.05, 0) is 25.7 Å². The molecular weight excluding hydrogens is 308 g/mol. The number of hydrogen-bond acceptors (Lipinski definition) is 5. The predicted molar refractivity (Wildman–Crippen MR) is 89.2 cm³/mol. The average Bonchev–Trinajstić information content (AvgIpc) is 3.25. The van der Waals surface area contributed by atoms with E-state index >= 15 is 0 Å². The summed E-state index contributed by atoms with van der Waals surface area (Å²) in [6.07, 6.45) is 7.31. The molecule has 0 aromatic carbocycles. The molecule has 3 rings (SSSR count). The number of ether oxygens (including phenoxy) is 2. The molecule has 7 nitrogen and oxygen atoms in total. The van der Waals surface area contributed by atoms with Crippen molar-refractivity contribution >= 4 is 11.7 Å². The molecule has 0 aliphatic heterocycles. The maximum absolute atomic E-state index is 12.3.